The lowest BCUT2D eigenvalue weighted by molar-refractivity contribution is 0.0995. The number of ether oxygens (including phenoxy) is 1. The number of rotatable bonds is 4. The maximum Gasteiger partial charge on any atom is 0.267 e. The van der Waals surface area contributed by atoms with E-state index in [1.165, 1.54) is 17.9 Å². The first-order chi connectivity index (χ1) is 8.54. The fourth-order valence-electron chi connectivity index (χ4n) is 1.60. The molecule has 0 bridgehead atoms. The quantitative estimate of drug-likeness (QED) is 0.720. The first kappa shape index (κ1) is 12.1. The molecule has 0 aromatic carbocycles. The van der Waals surface area contributed by atoms with E-state index in [2.05, 4.69) is 4.98 Å². The molecule has 0 saturated carbocycles. The average molecular weight is 252 g/mol. The van der Waals surface area contributed by atoms with Gasteiger partial charge >= 0.3 is 0 Å². The number of aromatic nitrogens is 3. The van der Waals surface area contributed by atoms with Gasteiger partial charge in [0.15, 0.2) is 0 Å². The summed E-state index contributed by atoms with van der Waals surface area (Å²) in [5.41, 5.74) is 4.46. The van der Waals surface area contributed by atoms with Crippen molar-refractivity contribution in [3.05, 3.63) is 28.3 Å². The molecule has 18 heavy (non-hydrogen) atoms. The third-order valence-corrected chi connectivity index (χ3v) is 2.47. The molecule has 3 N–H and O–H groups in total. The van der Waals surface area contributed by atoms with Crippen LogP contribution in [0.2, 0.25) is 0 Å². The summed E-state index contributed by atoms with van der Waals surface area (Å²) in [6.45, 7) is 0.627. The van der Waals surface area contributed by atoms with E-state index in [9.17, 15) is 14.7 Å². The number of amides is 1. The zero-order chi connectivity index (χ0) is 13.3. The van der Waals surface area contributed by atoms with Crippen LogP contribution in [0, 0.1) is 0 Å². The van der Waals surface area contributed by atoms with E-state index in [0.717, 1.165) is 10.5 Å². The second-order valence-corrected chi connectivity index (χ2v) is 3.65. The molecule has 8 heteroatoms. The minimum Gasteiger partial charge on any atom is -0.493 e. The summed E-state index contributed by atoms with van der Waals surface area (Å²) in [6.07, 6.45) is 1.23. The smallest absolute Gasteiger partial charge is 0.267 e. The van der Waals surface area contributed by atoms with E-state index < -0.39 is 11.5 Å². The van der Waals surface area contributed by atoms with E-state index in [0.29, 0.717) is 13.2 Å². The lowest BCUT2D eigenvalue weighted by Crippen LogP contribution is -2.21. The standard InChI is InChI=1S/C10H12N4O4/c1-18-3-2-13-8(16)5-14-7(15)4-6(9(11)17)12-10(13)14/h4-5,16H,2-3H2,1H3,(H2,11,17). The summed E-state index contributed by atoms with van der Waals surface area (Å²) in [7, 11) is 1.51. The molecule has 2 aromatic rings. The monoisotopic (exact) mass is 252 g/mol. The van der Waals surface area contributed by atoms with Crippen molar-refractivity contribution in [1.82, 2.24) is 14.0 Å². The van der Waals surface area contributed by atoms with Gasteiger partial charge < -0.3 is 15.6 Å². The molecule has 96 valence electrons. The Morgan fingerprint density at radius 1 is 1.61 bits per heavy atom. The maximum absolute atomic E-state index is 11.7. The van der Waals surface area contributed by atoms with Crippen molar-refractivity contribution in [3.8, 4) is 5.88 Å². The van der Waals surface area contributed by atoms with Crippen molar-refractivity contribution in [3.63, 3.8) is 0 Å². The fraction of sp³-hybridized carbons (Fsp3) is 0.300. The molecule has 0 aliphatic heterocycles. The Labute approximate surface area is 101 Å². The Balaban J connectivity index is 2.67. The first-order valence-corrected chi connectivity index (χ1v) is 5.15. The molecule has 2 heterocycles. The van der Waals surface area contributed by atoms with Crippen LogP contribution < -0.4 is 11.3 Å². The number of aromatic hydroxyl groups is 1. The molecule has 1 amide bonds. The molecule has 0 aliphatic rings. The van der Waals surface area contributed by atoms with Crippen LogP contribution >= 0.6 is 0 Å². The van der Waals surface area contributed by atoms with Crippen LogP contribution in [0.25, 0.3) is 5.78 Å². The predicted octanol–water partition coefficient (Wildman–Crippen LogP) is -1.05. The van der Waals surface area contributed by atoms with Gasteiger partial charge in [0.2, 0.25) is 11.7 Å². The van der Waals surface area contributed by atoms with E-state index >= 15 is 0 Å². The molecule has 2 aromatic heterocycles. The topological polar surface area (TPSA) is 112 Å². The van der Waals surface area contributed by atoms with Crippen molar-refractivity contribution in [2.45, 2.75) is 6.54 Å². The number of methoxy groups -OCH3 is 1. The van der Waals surface area contributed by atoms with Gasteiger partial charge in [-0.25, -0.2) is 9.38 Å². The van der Waals surface area contributed by atoms with Crippen LogP contribution in [0.5, 0.6) is 5.88 Å². The molecule has 0 atom stereocenters. The maximum atomic E-state index is 11.7. The van der Waals surface area contributed by atoms with Gasteiger partial charge in [0, 0.05) is 13.2 Å². The molecule has 8 nitrogen and oxygen atoms in total. The largest absolute Gasteiger partial charge is 0.493 e. The molecule has 0 spiro atoms. The molecule has 0 unspecified atom stereocenters. The molecule has 0 radical (unpaired) electrons. The van der Waals surface area contributed by atoms with E-state index in [4.69, 9.17) is 10.5 Å². The SMILES string of the molecule is COCCn1c(O)cn2c(=O)cc(C(N)=O)nc12. The Morgan fingerprint density at radius 2 is 2.33 bits per heavy atom. The van der Waals surface area contributed by atoms with Gasteiger partial charge in [-0.05, 0) is 0 Å². The van der Waals surface area contributed by atoms with Crippen molar-refractivity contribution in [2.24, 2.45) is 5.73 Å². The Hall–Kier alpha value is -2.35. The number of primary amides is 1. The number of nitrogens with zero attached hydrogens (tertiary/aromatic N) is 3. The predicted molar refractivity (Wildman–Crippen MR) is 61.5 cm³/mol. The molecule has 0 aliphatic carbocycles. The highest BCUT2D eigenvalue weighted by atomic mass is 16.5. The highest BCUT2D eigenvalue weighted by Crippen LogP contribution is 2.13. The average Bonchev–Trinajstić information content (AvgIpc) is 2.63. The summed E-state index contributed by atoms with van der Waals surface area (Å²) in [4.78, 5) is 26.7. The van der Waals surface area contributed by atoms with Crippen molar-refractivity contribution >= 4 is 11.7 Å². The van der Waals surface area contributed by atoms with Gasteiger partial charge in [-0.2, -0.15) is 0 Å². The van der Waals surface area contributed by atoms with Crippen LogP contribution in [0.4, 0.5) is 0 Å². The van der Waals surface area contributed by atoms with Crippen LogP contribution in [0.1, 0.15) is 10.5 Å². The van der Waals surface area contributed by atoms with Crippen LogP contribution in [0.3, 0.4) is 0 Å². The van der Waals surface area contributed by atoms with Crippen LogP contribution in [-0.2, 0) is 11.3 Å². The minimum atomic E-state index is -0.798. The van der Waals surface area contributed by atoms with E-state index in [-0.39, 0.29) is 17.4 Å². The molecular formula is C10H12N4O4. The van der Waals surface area contributed by atoms with Gasteiger partial charge in [-0.15, -0.1) is 0 Å². The number of carbonyl (C=O) groups is 1. The third kappa shape index (κ3) is 1.93. The van der Waals surface area contributed by atoms with Gasteiger partial charge in [0.05, 0.1) is 19.3 Å². The fourth-order valence-corrected chi connectivity index (χ4v) is 1.60. The highest BCUT2D eigenvalue weighted by Gasteiger charge is 2.13. The van der Waals surface area contributed by atoms with Crippen molar-refractivity contribution in [1.29, 1.82) is 0 Å². The minimum absolute atomic E-state index is 0.140. The second kappa shape index (κ2) is 4.49. The lowest BCUT2D eigenvalue weighted by atomic mass is 10.4. The van der Waals surface area contributed by atoms with Crippen molar-refractivity contribution < 1.29 is 14.6 Å². The summed E-state index contributed by atoms with van der Waals surface area (Å²) in [6, 6.07) is 1.02. The van der Waals surface area contributed by atoms with Gasteiger partial charge in [0.1, 0.15) is 5.69 Å². The van der Waals surface area contributed by atoms with Gasteiger partial charge in [0.25, 0.3) is 11.5 Å². The van der Waals surface area contributed by atoms with Gasteiger partial charge in [-0.3, -0.25) is 14.2 Å². The second-order valence-electron chi connectivity index (χ2n) is 3.65. The first-order valence-electron chi connectivity index (χ1n) is 5.15. The molecular weight excluding hydrogens is 240 g/mol. The van der Waals surface area contributed by atoms with Crippen molar-refractivity contribution in [2.75, 3.05) is 13.7 Å². The molecule has 0 fully saturated rings. The summed E-state index contributed by atoms with van der Waals surface area (Å²) >= 11 is 0. The Kier molecular flexibility index (Phi) is 3.02. The molecule has 2 rings (SSSR count). The van der Waals surface area contributed by atoms with E-state index in [1.54, 1.807) is 0 Å². The summed E-state index contributed by atoms with van der Waals surface area (Å²) < 4.78 is 7.38. The summed E-state index contributed by atoms with van der Waals surface area (Å²) in [5, 5.41) is 9.71. The number of carbonyl (C=O) groups excluding carboxylic acids is 1. The summed E-state index contributed by atoms with van der Waals surface area (Å²) in [5.74, 6) is -0.794. The number of hydrogen-bond acceptors (Lipinski definition) is 5. The van der Waals surface area contributed by atoms with Crippen LogP contribution in [-0.4, -0.2) is 38.7 Å². The number of fused-ring (bicyclic) bond motifs is 1. The number of imidazole rings is 1. The zero-order valence-electron chi connectivity index (χ0n) is 9.66. The normalized spacial score (nSPS) is 10.9. The lowest BCUT2D eigenvalue weighted by Gasteiger charge is -2.04. The van der Waals surface area contributed by atoms with Gasteiger partial charge in [-0.1, -0.05) is 0 Å². The van der Waals surface area contributed by atoms with E-state index in [1.807, 2.05) is 0 Å². The number of hydrogen-bond donors (Lipinski definition) is 2. The third-order valence-electron chi connectivity index (χ3n) is 2.47. The Bertz CT molecular complexity index is 658. The highest BCUT2D eigenvalue weighted by molar-refractivity contribution is 5.91. The number of nitrogens with two attached hydrogens (primary N) is 1. The molecule has 0 saturated heterocycles. The Morgan fingerprint density at radius 3 is 2.94 bits per heavy atom. The van der Waals surface area contributed by atoms with Crippen LogP contribution in [0.15, 0.2) is 17.1 Å². The zero-order valence-corrected chi connectivity index (χ0v) is 9.66.